The Kier molecular flexibility index (Phi) is 3.22. The smallest absolute Gasteiger partial charge is 0.263 e. The summed E-state index contributed by atoms with van der Waals surface area (Å²) in [6, 6.07) is 2.09. The van der Waals surface area contributed by atoms with Crippen LogP contribution in [0.2, 0.25) is 0 Å². The summed E-state index contributed by atoms with van der Waals surface area (Å²) in [7, 11) is 3.74. The van der Waals surface area contributed by atoms with Gasteiger partial charge in [0.25, 0.3) is 5.56 Å². The average Bonchev–Trinajstić information content (AvgIpc) is 3.16. The van der Waals surface area contributed by atoms with E-state index >= 15 is 0 Å². The Bertz CT molecular complexity index is 943. The molecule has 4 rings (SSSR count). The van der Waals surface area contributed by atoms with Crippen LogP contribution in [0.3, 0.4) is 0 Å². The molecule has 4 heterocycles. The molecule has 126 valence electrons. The molecule has 0 unspecified atom stereocenters. The minimum atomic E-state index is -0.138. The fourth-order valence-electron chi connectivity index (χ4n) is 3.38. The van der Waals surface area contributed by atoms with Crippen molar-refractivity contribution in [2.24, 2.45) is 14.1 Å². The SMILES string of the molecule is Cn1ccc(C2(C)CCN(c3nc4c(cnn4C)c(=O)[nH]3)CC2)n1. The molecule has 0 bridgehead atoms. The van der Waals surface area contributed by atoms with Crippen molar-refractivity contribution < 1.29 is 0 Å². The van der Waals surface area contributed by atoms with Crippen molar-refractivity contribution in [2.75, 3.05) is 18.0 Å². The van der Waals surface area contributed by atoms with E-state index in [9.17, 15) is 4.79 Å². The van der Waals surface area contributed by atoms with E-state index in [1.165, 1.54) is 0 Å². The highest BCUT2D eigenvalue weighted by molar-refractivity contribution is 5.74. The van der Waals surface area contributed by atoms with Crippen LogP contribution in [0.5, 0.6) is 0 Å². The minimum absolute atomic E-state index is 0.0642. The van der Waals surface area contributed by atoms with Crippen LogP contribution in [0.1, 0.15) is 25.5 Å². The Morgan fingerprint density at radius 3 is 2.67 bits per heavy atom. The molecule has 1 N–H and O–H groups in total. The minimum Gasteiger partial charge on any atom is -0.342 e. The van der Waals surface area contributed by atoms with Crippen LogP contribution in [0.25, 0.3) is 11.0 Å². The van der Waals surface area contributed by atoms with Crippen molar-refractivity contribution in [2.45, 2.75) is 25.2 Å². The third-order valence-corrected chi connectivity index (χ3v) is 5.09. The van der Waals surface area contributed by atoms with Crippen molar-refractivity contribution in [3.8, 4) is 0 Å². The zero-order valence-corrected chi connectivity index (χ0v) is 14.2. The maximum Gasteiger partial charge on any atom is 0.263 e. The molecule has 0 aromatic carbocycles. The lowest BCUT2D eigenvalue weighted by molar-refractivity contribution is 0.348. The molecule has 8 heteroatoms. The first-order chi connectivity index (χ1) is 11.5. The van der Waals surface area contributed by atoms with Crippen molar-refractivity contribution >= 4 is 17.0 Å². The molecule has 0 amide bonds. The predicted molar refractivity (Wildman–Crippen MR) is 91.1 cm³/mol. The van der Waals surface area contributed by atoms with Crippen LogP contribution >= 0.6 is 0 Å². The number of rotatable bonds is 2. The number of nitrogens with one attached hydrogen (secondary N) is 1. The van der Waals surface area contributed by atoms with Gasteiger partial charge in [0.2, 0.25) is 5.95 Å². The van der Waals surface area contributed by atoms with Gasteiger partial charge in [0.15, 0.2) is 5.65 Å². The van der Waals surface area contributed by atoms with Crippen molar-refractivity contribution in [3.05, 3.63) is 34.5 Å². The fourth-order valence-corrected chi connectivity index (χ4v) is 3.38. The molecule has 1 fully saturated rings. The summed E-state index contributed by atoms with van der Waals surface area (Å²) in [5.74, 6) is 0.624. The second-order valence-corrected chi connectivity index (χ2v) is 6.82. The molecule has 1 aliphatic rings. The molecule has 24 heavy (non-hydrogen) atoms. The van der Waals surface area contributed by atoms with E-state index in [0.29, 0.717) is 17.0 Å². The summed E-state index contributed by atoms with van der Waals surface area (Å²) in [4.78, 5) is 21.8. The third kappa shape index (κ3) is 2.29. The Morgan fingerprint density at radius 1 is 1.25 bits per heavy atom. The van der Waals surface area contributed by atoms with E-state index in [-0.39, 0.29) is 11.0 Å². The van der Waals surface area contributed by atoms with Crippen LogP contribution in [0.15, 0.2) is 23.3 Å². The Balaban J connectivity index is 1.60. The molecule has 0 atom stereocenters. The van der Waals surface area contributed by atoms with Crippen LogP contribution in [0.4, 0.5) is 5.95 Å². The molecule has 0 radical (unpaired) electrons. The second-order valence-electron chi connectivity index (χ2n) is 6.82. The summed E-state index contributed by atoms with van der Waals surface area (Å²) in [5.41, 5.74) is 1.68. The predicted octanol–water partition coefficient (Wildman–Crippen LogP) is 0.948. The van der Waals surface area contributed by atoms with Gasteiger partial charge in [-0.15, -0.1) is 0 Å². The highest BCUT2D eigenvalue weighted by atomic mass is 16.1. The second kappa shape index (κ2) is 5.19. The van der Waals surface area contributed by atoms with Gasteiger partial charge in [-0.25, -0.2) is 0 Å². The van der Waals surface area contributed by atoms with Crippen molar-refractivity contribution in [1.29, 1.82) is 0 Å². The summed E-state index contributed by atoms with van der Waals surface area (Å²) < 4.78 is 3.48. The lowest BCUT2D eigenvalue weighted by Crippen LogP contribution is -2.42. The van der Waals surface area contributed by atoms with E-state index in [1.54, 1.807) is 17.9 Å². The molecular formula is C16H21N7O. The number of nitrogens with zero attached hydrogens (tertiary/aromatic N) is 6. The topological polar surface area (TPSA) is 84.6 Å². The van der Waals surface area contributed by atoms with Gasteiger partial charge in [-0.1, -0.05) is 6.92 Å². The largest absolute Gasteiger partial charge is 0.342 e. The number of aromatic nitrogens is 6. The van der Waals surface area contributed by atoms with Crippen LogP contribution in [-0.4, -0.2) is 42.6 Å². The molecule has 3 aromatic heterocycles. The number of hydrogen-bond donors (Lipinski definition) is 1. The first-order valence-corrected chi connectivity index (χ1v) is 8.13. The Morgan fingerprint density at radius 2 is 2.00 bits per heavy atom. The Labute approximate surface area is 139 Å². The molecule has 1 aliphatic heterocycles. The van der Waals surface area contributed by atoms with Crippen LogP contribution in [0, 0.1) is 0 Å². The first kappa shape index (κ1) is 14.9. The molecule has 3 aromatic rings. The summed E-state index contributed by atoms with van der Waals surface area (Å²) in [6.07, 6.45) is 5.48. The molecule has 1 saturated heterocycles. The molecule has 8 nitrogen and oxygen atoms in total. The summed E-state index contributed by atoms with van der Waals surface area (Å²) in [5, 5.41) is 9.21. The van der Waals surface area contributed by atoms with Gasteiger partial charge in [0.1, 0.15) is 5.39 Å². The van der Waals surface area contributed by atoms with Gasteiger partial charge in [0.05, 0.1) is 11.9 Å². The number of H-pyrrole nitrogens is 1. The molecule has 0 saturated carbocycles. The molecule has 0 aliphatic carbocycles. The summed E-state index contributed by atoms with van der Waals surface area (Å²) in [6.45, 7) is 3.92. The number of aromatic amines is 1. The highest BCUT2D eigenvalue weighted by Gasteiger charge is 2.34. The lowest BCUT2D eigenvalue weighted by atomic mass is 9.78. The molecular weight excluding hydrogens is 306 g/mol. The third-order valence-electron chi connectivity index (χ3n) is 5.09. The van der Waals surface area contributed by atoms with Crippen molar-refractivity contribution in [3.63, 3.8) is 0 Å². The fraction of sp³-hybridized carbons (Fsp3) is 0.500. The first-order valence-electron chi connectivity index (χ1n) is 8.13. The molecule has 0 spiro atoms. The number of fused-ring (bicyclic) bond motifs is 1. The normalized spacial score (nSPS) is 17.5. The van der Waals surface area contributed by atoms with Gasteiger partial charge < -0.3 is 4.90 Å². The van der Waals surface area contributed by atoms with Crippen molar-refractivity contribution in [1.82, 2.24) is 29.5 Å². The maximum absolute atomic E-state index is 12.2. The number of piperidine rings is 1. The standard InChI is InChI=1S/C16H21N7O/c1-16(12-4-7-21(2)20-12)5-8-23(9-6-16)15-18-13-11(14(24)19-15)10-17-22(13)3/h4,7,10H,5-6,8-9H2,1-3H3,(H,18,19,24). The van der Waals surface area contributed by atoms with Gasteiger partial charge in [-0.05, 0) is 18.9 Å². The summed E-state index contributed by atoms with van der Waals surface area (Å²) >= 11 is 0. The van der Waals surface area contributed by atoms with E-state index in [2.05, 4.69) is 38.1 Å². The number of hydrogen-bond acceptors (Lipinski definition) is 5. The quantitative estimate of drug-likeness (QED) is 0.757. The number of aryl methyl sites for hydroxylation is 2. The Hall–Kier alpha value is -2.64. The maximum atomic E-state index is 12.2. The highest BCUT2D eigenvalue weighted by Crippen LogP contribution is 2.34. The average molecular weight is 327 g/mol. The van der Waals surface area contributed by atoms with E-state index in [4.69, 9.17) is 0 Å². The van der Waals surface area contributed by atoms with E-state index in [1.807, 2.05) is 17.9 Å². The zero-order chi connectivity index (χ0) is 16.9. The van der Waals surface area contributed by atoms with E-state index in [0.717, 1.165) is 31.6 Å². The van der Waals surface area contributed by atoms with Gasteiger partial charge >= 0.3 is 0 Å². The van der Waals surface area contributed by atoms with Crippen LogP contribution < -0.4 is 10.5 Å². The zero-order valence-electron chi connectivity index (χ0n) is 14.2. The monoisotopic (exact) mass is 327 g/mol. The van der Waals surface area contributed by atoms with Gasteiger partial charge in [-0.3, -0.25) is 19.1 Å². The van der Waals surface area contributed by atoms with E-state index < -0.39 is 0 Å². The number of anilines is 1. The van der Waals surface area contributed by atoms with Gasteiger partial charge in [0, 0.05) is 38.8 Å². The lowest BCUT2D eigenvalue weighted by Gasteiger charge is -2.38. The van der Waals surface area contributed by atoms with Crippen LogP contribution in [-0.2, 0) is 19.5 Å². The van der Waals surface area contributed by atoms with Gasteiger partial charge in [-0.2, -0.15) is 15.2 Å².